The molecule has 6 nitrogen and oxygen atoms in total. The molecule has 0 aliphatic heterocycles. The fourth-order valence-corrected chi connectivity index (χ4v) is 3.23. The van der Waals surface area contributed by atoms with Crippen LogP contribution in [0.3, 0.4) is 0 Å². The molecule has 0 atom stereocenters. The smallest absolute Gasteiger partial charge is 0.348 e. The number of halogens is 4. The molecule has 0 bridgehead atoms. The van der Waals surface area contributed by atoms with Gasteiger partial charge in [0.2, 0.25) is 0 Å². The summed E-state index contributed by atoms with van der Waals surface area (Å²) in [6.45, 7) is 0.484. The zero-order valence-corrected chi connectivity index (χ0v) is 16.6. The molecule has 0 fully saturated rings. The summed E-state index contributed by atoms with van der Waals surface area (Å²) < 4.78 is 57.2. The molecular weight excluding hydrogens is 426 g/mol. The zero-order chi connectivity index (χ0) is 22.7. The normalized spacial score (nSPS) is 11.5. The number of benzene rings is 2. The monoisotopic (exact) mass is 443 g/mol. The van der Waals surface area contributed by atoms with Crippen LogP contribution in [-0.4, -0.2) is 25.5 Å². The number of nitrogens with zero attached hydrogens (tertiary/aromatic N) is 4. The molecule has 0 saturated heterocycles. The molecule has 164 valence electrons. The van der Waals surface area contributed by atoms with Crippen molar-refractivity contribution in [3.05, 3.63) is 101 Å². The van der Waals surface area contributed by atoms with Gasteiger partial charge in [-0.05, 0) is 17.7 Å². The number of nitrogens with one attached hydrogen (secondary N) is 1. The summed E-state index contributed by atoms with van der Waals surface area (Å²) in [5, 5.41) is 10.3. The Morgan fingerprint density at radius 2 is 1.66 bits per heavy atom. The van der Waals surface area contributed by atoms with Gasteiger partial charge in [0, 0.05) is 18.3 Å². The molecule has 0 unspecified atom stereocenters. The van der Waals surface area contributed by atoms with Gasteiger partial charge >= 0.3 is 6.18 Å². The number of hydrogen-bond donors (Lipinski definition) is 1. The molecular formula is C22H17F4N5O. The molecule has 2 aromatic heterocycles. The van der Waals surface area contributed by atoms with Crippen molar-refractivity contribution in [1.29, 1.82) is 0 Å². The van der Waals surface area contributed by atoms with Crippen molar-refractivity contribution in [2.24, 2.45) is 0 Å². The second-order valence-corrected chi connectivity index (χ2v) is 6.98. The molecule has 2 heterocycles. The van der Waals surface area contributed by atoms with Gasteiger partial charge in [0.05, 0.1) is 24.5 Å². The summed E-state index contributed by atoms with van der Waals surface area (Å²) in [7, 11) is 0. The first-order valence-corrected chi connectivity index (χ1v) is 9.56. The lowest BCUT2D eigenvalue weighted by atomic mass is 10.2. The van der Waals surface area contributed by atoms with E-state index in [-0.39, 0.29) is 6.54 Å². The summed E-state index contributed by atoms with van der Waals surface area (Å²) in [5.41, 5.74) is -0.802. The van der Waals surface area contributed by atoms with E-state index in [0.717, 1.165) is 23.9 Å². The SMILES string of the molecule is O=C(NCc1cnn(Cc2ccccc2)c1)c1cnn(-c2ccccc2F)c1C(F)(F)F. The van der Waals surface area contributed by atoms with Crippen molar-refractivity contribution in [2.45, 2.75) is 19.3 Å². The fraction of sp³-hybridized carbons (Fsp3) is 0.136. The number of alkyl halides is 3. The van der Waals surface area contributed by atoms with Crippen molar-refractivity contribution in [3.8, 4) is 5.69 Å². The number of hydrogen-bond acceptors (Lipinski definition) is 3. The number of carbonyl (C=O) groups excluding carboxylic acids is 1. The molecule has 1 amide bonds. The molecule has 0 aliphatic rings. The van der Waals surface area contributed by atoms with Gasteiger partial charge in [-0.1, -0.05) is 42.5 Å². The fourth-order valence-electron chi connectivity index (χ4n) is 3.23. The summed E-state index contributed by atoms with van der Waals surface area (Å²) >= 11 is 0. The van der Waals surface area contributed by atoms with E-state index in [2.05, 4.69) is 15.5 Å². The highest BCUT2D eigenvalue weighted by molar-refractivity contribution is 5.95. The number of amides is 1. The molecule has 4 aromatic rings. The maximum absolute atomic E-state index is 14.0. The lowest BCUT2D eigenvalue weighted by Crippen LogP contribution is -2.26. The largest absolute Gasteiger partial charge is 0.434 e. The van der Waals surface area contributed by atoms with Crippen LogP contribution < -0.4 is 5.32 Å². The quantitative estimate of drug-likeness (QED) is 0.454. The zero-order valence-electron chi connectivity index (χ0n) is 16.6. The number of carbonyl (C=O) groups is 1. The minimum atomic E-state index is -4.92. The molecule has 32 heavy (non-hydrogen) atoms. The van der Waals surface area contributed by atoms with E-state index in [4.69, 9.17) is 0 Å². The van der Waals surface area contributed by atoms with Crippen LogP contribution in [0, 0.1) is 5.82 Å². The molecule has 10 heteroatoms. The predicted octanol–water partition coefficient (Wildman–Crippen LogP) is 4.21. The Balaban J connectivity index is 1.51. The first-order valence-electron chi connectivity index (χ1n) is 9.56. The van der Waals surface area contributed by atoms with Crippen LogP contribution in [-0.2, 0) is 19.3 Å². The molecule has 0 saturated carbocycles. The van der Waals surface area contributed by atoms with E-state index < -0.39 is 34.8 Å². The van der Waals surface area contributed by atoms with Crippen molar-refractivity contribution in [3.63, 3.8) is 0 Å². The van der Waals surface area contributed by atoms with E-state index in [1.807, 2.05) is 30.3 Å². The Hall–Kier alpha value is -3.95. The average molecular weight is 443 g/mol. The predicted molar refractivity (Wildman–Crippen MR) is 107 cm³/mol. The van der Waals surface area contributed by atoms with Gasteiger partial charge in [0.25, 0.3) is 5.91 Å². The first kappa shape index (κ1) is 21.3. The van der Waals surface area contributed by atoms with Gasteiger partial charge < -0.3 is 5.32 Å². The van der Waals surface area contributed by atoms with Gasteiger partial charge in [-0.25, -0.2) is 9.07 Å². The third kappa shape index (κ3) is 4.53. The summed E-state index contributed by atoms with van der Waals surface area (Å²) in [4.78, 5) is 12.5. The lowest BCUT2D eigenvalue weighted by Gasteiger charge is -2.13. The van der Waals surface area contributed by atoms with Crippen LogP contribution in [0.1, 0.15) is 27.2 Å². The van der Waals surface area contributed by atoms with E-state index in [9.17, 15) is 22.4 Å². The third-order valence-corrected chi connectivity index (χ3v) is 4.69. The Labute approximate surface area is 180 Å². The number of para-hydroxylation sites is 1. The van der Waals surface area contributed by atoms with E-state index in [1.165, 1.54) is 18.3 Å². The minimum Gasteiger partial charge on any atom is -0.348 e. The minimum absolute atomic E-state index is 0.0319. The Kier molecular flexibility index (Phi) is 5.76. The van der Waals surface area contributed by atoms with E-state index in [1.54, 1.807) is 10.9 Å². The topological polar surface area (TPSA) is 64.7 Å². The lowest BCUT2D eigenvalue weighted by molar-refractivity contribution is -0.143. The van der Waals surface area contributed by atoms with E-state index in [0.29, 0.717) is 16.8 Å². The highest BCUT2D eigenvalue weighted by Gasteiger charge is 2.41. The van der Waals surface area contributed by atoms with Gasteiger partial charge in [0.1, 0.15) is 11.5 Å². The molecule has 0 spiro atoms. The second-order valence-electron chi connectivity index (χ2n) is 6.98. The maximum Gasteiger partial charge on any atom is 0.434 e. The standard InChI is InChI=1S/C22H17F4N5O/c23-18-8-4-5-9-19(18)31-20(22(24,25)26)17(12-29-31)21(32)27-10-16-11-28-30(14-16)13-15-6-2-1-3-7-15/h1-9,11-12,14H,10,13H2,(H,27,32). The maximum atomic E-state index is 14.0. The van der Waals surface area contributed by atoms with Crippen LogP contribution in [0.5, 0.6) is 0 Å². The highest BCUT2D eigenvalue weighted by Crippen LogP contribution is 2.34. The van der Waals surface area contributed by atoms with E-state index >= 15 is 0 Å². The second kappa shape index (κ2) is 8.66. The molecule has 0 radical (unpaired) electrons. The first-order chi connectivity index (χ1) is 15.3. The van der Waals surface area contributed by atoms with Crippen molar-refractivity contribution >= 4 is 5.91 Å². The average Bonchev–Trinajstić information content (AvgIpc) is 3.40. The molecule has 4 rings (SSSR count). The van der Waals surface area contributed by atoms with Crippen molar-refractivity contribution in [1.82, 2.24) is 24.9 Å². The van der Waals surface area contributed by atoms with Gasteiger partial charge in [0.15, 0.2) is 5.69 Å². The van der Waals surface area contributed by atoms with Gasteiger partial charge in [-0.3, -0.25) is 9.48 Å². The van der Waals surface area contributed by atoms with Crippen LogP contribution in [0.2, 0.25) is 0 Å². The third-order valence-electron chi connectivity index (χ3n) is 4.69. The summed E-state index contributed by atoms with van der Waals surface area (Å²) in [5.74, 6) is -1.87. The molecule has 0 aliphatic carbocycles. The Bertz CT molecular complexity index is 1230. The van der Waals surface area contributed by atoms with Crippen LogP contribution in [0.4, 0.5) is 17.6 Å². The number of aromatic nitrogens is 4. The summed E-state index contributed by atoms with van der Waals surface area (Å²) in [6, 6.07) is 14.5. The Morgan fingerprint density at radius 3 is 2.38 bits per heavy atom. The van der Waals surface area contributed by atoms with Gasteiger partial charge in [-0.15, -0.1) is 0 Å². The van der Waals surface area contributed by atoms with Crippen LogP contribution >= 0.6 is 0 Å². The Morgan fingerprint density at radius 1 is 0.938 bits per heavy atom. The molecule has 2 aromatic carbocycles. The van der Waals surface area contributed by atoms with Crippen molar-refractivity contribution in [2.75, 3.05) is 0 Å². The molecule has 1 N–H and O–H groups in total. The van der Waals surface area contributed by atoms with Crippen LogP contribution in [0.25, 0.3) is 5.69 Å². The highest BCUT2D eigenvalue weighted by atomic mass is 19.4. The van der Waals surface area contributed by atoms with Crippen LogP contribution in [0.15, 0.2) is 73.2 Å². The summed E-state index contributed by atoms with van der Waals surface area (Å²) in [6.07, 6.45) is -0.924. The van der Waals surface area contributed by atoms with Gasteiger partial charge in [-0.2, -0.15) is 23.4 Å². The number of rotatable bonds is 6. The van der Waals surface area contributed by atoms with Crippen molar-refractivity contribution < 1.29 is 22.4 Å².